The highest BCUT2D eigenvalue weighted by Crippen LogP contribution is 2.28. The van der Waals surface area contributed by atoms with E-state index in [9.17, 15) is 13.2 Å². The van der Waals surface area contributed by atoms with Gasteiger partial charge in [-0.1, -0.05) is 43.3 Å². The van der Waals surface area contributed by atoms with E-state index >= 15 is 0 Å². The maximum atomic E-state index is 10.6. The van der Waals surface area contributed by atoms with Crippen molar-refractivity contribution in [2.24, 2.45) is 11.7 Å². The first-order chi connectivity index (χ1) is 15.6. The molecule has 0 bridgehead atoms. The minimum atomic E-state index is -5.08. The number of hydrogen-bond acceptors (Lipinski definition) is 4. The minimum Gasteiger partial charge on any atom is -0.475 e. The van der Waals surface area contributed by atoms with Crippen molar-refractivity contribution in [3.63, 3.8) is 0 Å². The van der Waals surface area contributed by atoms with Gasteiger partial charge in [0.2, 0.25) is 5.95 Å². The van der Waals surface area contributed by atoms with Gasteiger partial charge in [0.25, 0.3) is 0 Å². The molecule has 0 saturated carbocycles. The third-order valence-corrected chi connectivity index (χ3v) is 5.58. The highest BCUT2D eigenvalue weighted by molar-refractivity contribution is 5.79. The van der Waals surface area contributed by atoms with E-state index in [4.69, 9.17) is 27.2 Å². The number of carboxylic acid groups (broad SMARTS) is 1. The Kier molecular flexibility index (Phi) is 7.23. The molecule has 0 aliphatic carbocycles. The molecule has 2 atom stereocenters. The molecule has 0 unspecified atom stereocenters. The van der Waals surface area contributed by atoms with Gasteiger partial charge in [0.1, 0.15) is 0 Å². The Labute approximate surface area is 189 Å². The molecule has 174 valence electrons. The number of nitrogens with zero attached hydrogens (tertiary/aromatic N) is 4. The van der Waals surface area contributed by atoms with Gasteiger partial charge < -0.3 is 20.3 Å². The number of carbonyl (C=O) groups is 1. The molecular weight excluding hydrogens is 435 g/mol. The first-order valence-corrected chi connectivity index (χ1v) is 10.3. The quantitative estimate of drug-likeness (QED) is 0.566. The number of halogens is 3. The molecule has 4 rings (SSSR count). The van der Waals surface area contributed by atoms with Crippen molar-refractivity contribution in [1.82, 2.24) is 9.55 Å². The number of para-hydroxylation sites is 2. The van der Waals surface area contributed by atoms with Crippen LogP contribution in [0.2, 0.25) is 0 Å². The Bertz CT molecular complexity index is 1150. The van der Waals surface area contributed by atoms with Gasteiger partial charge in [0, 0.05) is 19.1 Å². The van der Waals surface area contributed by atoms with Crippen LogP contribution in [0.5, 0.6) is 0 Å². The van der Waals surface area contributed by atoms with Crippen LogP contribution < -0.4 is 10.6 Å². The molecule has 2 aromatic carbocycles. The summed E-state index contributed by atoms with van der Waals surface area (Å²) in [5.74, 6) is -1.22. The fourth-order valence-corrected chi connectivity index (χ4v) is 3.60. The number of anilines is 1. The Morgan fingerprint density at radius 1 is 1.24 bits per heavy atom. The molecule has 3 N–H and O–H groups in total. The van der Waals surface area contributed by atoms with Crippen LogP contribution in [0.15, 0.2) is 48.5 Å². The lowest BCUT2D eigenvalue weighted by Crippen LogP contribution is -2.48. The van der Waals surface area contributed by atoms with Crippen LogP contribution >= 0.6 is 0 Å². The Balaban J connectivity index is 0.000000383. The number of alkyl halides is 3. The number of piperidine rings is 1. The summed E-state index contributed by atoms with van der Waals surface area (Å²) in [5.41, 5.74) is 10.3. The molecule has 7 nitrogen and oxygen atoms in total. The van der Waals surface area contributed by atoms with Crippen molar-refractivity contribution in [3.8, 4) is 0 Å². The first kappa shape index (κ1) is 24.1. The molecule has 1 aliphatic heterocycles. The number of rotatable bonds is 3. The van der Waals surface area contributed by atoms with Gasteiger partial charge in [-0.05, 0) is 30.0 Å². The molecule has 0 radical (unpaired) electrons. The summed E-state index contributed by atoms with van der Waals surface area (Å²) in [6, 6.07) is 16.2. The fourth-order valence-electron chi connectivity index (χ4n) is 3.60. The van der Waals surface area contributed by atoms with Crippen LogP contribution in [0.3, 0.4) is 0 Å². The molecule has 10 heteroatoms. The average Bonchev–Trinajstić information content (AvgIpc) is 3.14. The zero-order valence-corrected chi connectivity index (χ0v) is 18.0. The van der Waals surface area contributed by atoms with Gasteiger partial charge in [0.15, 0.2) is 5.69 Å². The topological polar surface area (TPSA) is 88.7 Å². The van der Waals surface area contributed by atoms with Crippen LogP contribution in [-0.4, -0.2) is 45.9 Å². The summed E-state index contributed by atoms with van der Waals surface area (Å²) in [6.07, 6.45) is -4.00. The third-order valence-electron chi connectivity index (χ3n) is 5.58. The normalized spacial score (nSPS) is 18.4. The van der Waals surface area contributed by atoms with E-state index in [1.54, 1.807) is 0 Å². The van der Waals surface area contributed by atoms with E-state index in [0.717, 1.165) is 48.6 Å². The standard InChI is InChI=1S/C21H23N5.C2HF3O2/c1-15-11-12-25(14-18(15)22)21-24-19-5-3-4-6-20(19)26(21)13-16-7-9-17(23-2)10-8-16;3-2(4,5)1(6)7/h3-10,15,18H,11-14,22H2,1H3;(H,6,7)/t15-,18-;/m1./s1. The summed E-state index contributed by atoms with van der Waals surface area (Å²) in [4.78, 5) is 19.6. The molecule has 1 fully saturated rings. The highest BCUT2D eigenvalue weighted by Gasteiger charge is 2.38. The second-order valence-corrected chi connectivity index (χ2v) is 7.94. The first-order valence-electron chi connectivity index (χ1n) is 10.3. The van der Waals surface area contributed by atoms with Crippen LogP contribution in [0.25, 0.3) is 15.9 Å². The van der Waals surface area contributed by atoms with Crippen molar-refractivity contribution in [3.05, 3.63) is 65.5 Å². The van der Waals surface area contributed by atoms with E-state index in [0.29, 0.717) is 11.6 Å². The maximum absolute atomic E-state index is 10.6. The van der Waals surface area contributed by atoms with Crippen molar-refractivity contribution in [2.45, 2.75) is 32.1 Å². The summed E-state index contributed by atoms with van der Waals surface area (Å²) >= 11 is 0. The van der Waals surface area contributed by atoms with Gasteiger partial charge in [0.05, 0.1) is 24.2 Å². The largest absolute Gasteiger partial charge is 0.490 e. The van der Waals surface area contributed by atoms with Gasteiger partial charge in [-0.2, -0.15) is 13.2 Å². The van der Waals surface area contributed by atoms with Crippen molar-refractivity contribution < 1.29 is 23.1 Å². The lowest BCUT2D eigenvalue weighted by molar-refractivity contribution is -0.192. The van der Waals surface area contributed by atoms with E-state index in [1.165, 1.54) is 0 Å². The number of carboxylic acids is 1. The van der Waals surface area contributed by atoms with E-state index in [-0.39, 0.29) is 6.04 Å². The van der Waals surface area contributed by atoms with Crippen LogP contribution in [-0.2, 0) is 11.3 Å². The molecule has 0 spiro atoms. The van der Waals surface area contributed by atoms with Gasteiger partial charge >= 0.3 is 12.1 Å². The monoisotopic (exact) mass is 459 g/mol. The number of benzene rings is 2. The van der Waals surface area contributed by atoms with E-state index in [2.05, 4.69) is 39.4 Å². The molecule has 2 heterocycles. The smallest absolute Gasteiger partial charge is 0.475 e. The lowest BCUT2D eigenvalue weighted by Gasteiger charge is -2.36. The SMILES string of the molecule is O=C(O)C(F)(F)F.[C-]#[N+]c1ccc(Cn2c(N3CC[C@@H](C)[C@H](N)C3)nc3ccccc32)cc1. The number of nitrogens with two attached hydrogens (primary N) is 1. The van der Waals surface area contributed by atoms with Crippen LogP contribution in [0.1, 0.15) is 18.9 Å². The molecule has 33 heavy (non-hydrogen) atoms. The molecule has 0 amide bonds. The molecular formula is C23H24F3N5O2. The predicted octanol–water partition coefficient (Wildman–Crippen LogP) is 4.44. The average molecular weight is 459 g/mol. The second-order valence-electron chi connectivity index (χ2n) is 7.94. The van der Waals surface area contributed by atoms with Gasteiger partial charge in [-0.15, -0.1) is 0 Å². The zero-order chi connectivity index (χ0) is 24.2. The molecule has 1 saturated heterocycles. The summed E-state index contributed by atoms with van der Waals surface area (Å²) in [5, 5.41) is 7.12. The minimum absolute atomic E-state index is 0.176. The summed E-state index contributed by atoms with van der Waals surface area (Å²) in [6.45, 7) is 11.9. The van der Waals surface area contributed by atoms with Gasteiger partial charge in [-0.3, -0.25) is 0 Å². The van der Waals surface area contributed by atoms with E-state index in [1.807, 2.05) is 30.3 Å². The number of imidazole rings is 1. The highest BCUT2D eigenvalue weighted by atomic mass is 19.4. The van der Waals surface area contributed by atoms with Crippen molar-refractivity contribution >= 4 is 28.6 Å². The Morgan fingerprint density at radius 3 is 2.45 bits per heavy atom. The number of aliphatic carboxylic acids is 1. The maximum Gasteiger partial charge on any atom is 0.490 e. The van der Waals surface area contributed by atoms with Crippen molar-refractivity contribution in [2.75, 3.05) is 18.0 Å². The Hall–Kier alpha value is -3.58. The lowest BCUT2D eigenvalue weighted by atomic mass is 9.94. The van der Waals surface area contributed by atoms with Crippen molar-refractivity contribution in [1.29, 1.82) is 0 Å². The molecule has 1 aromatic heterocycles. The third kappa shape index (κ3) is 5.81. The molecule has 3 aromatic rings. The van der Waals surface area contributed by atoms with Crippen LogP contribution in [0, 0.1) is 12.5 Å². The number of hydrogen-bond donors (Lipinski definition) is 2. The number of aromatic nitrogens is 2. The second kappa shape index (κ2) is 9.92. The molecule has 1 aliphatic rings. The van der Waals surface area contributed by atoms with Crippen LogP contribution in [0.4, 0.5) is 24.8 Å². The van der Waals surface area contributed by atoms with Gasteiger partial charge in [-0.25, -0.2) is 14.6 Å². The number of fused-ring (bicyclic) bond motifs is 1. The fraction of sp³-hybridized carbons (Fsp3) is 0.348. The Morgan fingerprint density at radius 2 is 1.88 bits per heavy atom. The summed E-state index contributed by atoms with van der Waals surface area (Å²) in [7, 11) is 0. The van der Waals surface area contributed by atoms with E-state index < -0.39 is 12.1 Å². The zero-order valence-electron chi connectivity index (χ0n) is 18.0. The summed E-state index contributed by atoms with van der Waals surface area (Å²) < 4.78 is 34.0. The predicted molar refractivity (Wildman–Crippen MR) is 119 cm³/mol.